The standard InChI is InChI=1S/C9H7F2NO2/c1-5(14)12-9-7(10)2-6(4-13)3-8(9)11/h2-4H,1H3,(H,12,14). The summed E-state index contributed by atoms with van der Waals surface area (Å²) in [7, 11) is 0. The molecule has 1 rings (SSSR count). The van der Waals surface area contributed by atoms with Gasteiger partial charge in [-0.05, 0) is 12.1 Å². The first-order chi connectivity index (χ1) is 6.54. The summed E-state index contributed by atoms with van der Waals surface area (Å²) in [6, 6.07) is 1.70. The number of nitrogens with one attached hydrogen (secondary N) is 1. The molecule has 0 aliphatic heterocycles. The Bertz CT molecular complexity index is 367. The summed E-state index contributed by atoms with van der Waals surface area (Å²) in [6.45, 7) is 1.13. The van der Waals surface area contributed by atoms with Crippen LogP contribution in [0.3, 0.4) is 0 Å². The Kier molecular flexibility index (Phi) is 2.91. The minimum absolute atomic E-state index is 0.117. The highest BCUT2D eigenvalue weighted by atomic mass is 19.1. The van der Waals surface area contributed by atoms with E-state index in [1.807, 2.05) is 5.32 Å². The van der Waals surface area contributed by atoms with Gasteiger partial charge in [-0.3, -0.25) is 9.59 Å². The third-order valence-corrected chi connectivity index (χ3v) is 1.50. The van der Waals surface area contributed by atoms with Gasteiger partial charge >= 0.3 is 0 Å². The van der Waals surface area contributed by atoms with Gasteiger partial charge in [-0.2, -0.15) is 0 Å². The van der Waals surface area contributed by atoms with E-state index in [9.17, 15) is 18.4 Å². The van der Waals surface area contributed by atoms with Crippen molar-refractivity contribution in [3.63, 3.8) is 0 Å². The second-order valence-electron chi connectivity index (χ2n) is 2.66. The summed E-state index contributed by atoms with van der Waals surface area (Å²) >= 11 is 0. The average Bonchev–Trinajstić information content (AvgIpc) is 2.10. The molecule has 1 amide bonds. The lowest BCUT2D eigenvalue weighted by Gasteiger charge is -2.05. The number of carbonyl (C=O) groups excluding carboxylic acids is 2. The lowest BCUT2D eigenvalue weighted by molar-refractivity contribution is -0.114. The summed E-state index contributed by atoms with van der Waals surface area (Å²) in [6.07, 6.45) is 0.323. The van der Waals surface area contributed by atoms with Gasteiger partial charge in [-0.25, -0.2) is 8.78 Å². The van der Waals surface area contributed by atoms with E-state index in [4.69, 9.17) is 0 Å². The van der Waals surface area contributed by atoms with Crippen LogP contribution in [0.15, 0.2) is 12.1 Å². The fraction of sp³-hybridized carbons (Fsp3) is 0.111. The van der Waals surface area contributed by atoms with Gasteiger partial charge in [0.05, 0.1) is 0 Å². The molecule has 1 N–H and O–H groups in total. The zero-order valence-corrected chi connectivity index (χ0v) is 7.30. The van der Waals surface area contributed by atoms with Crippen LogP contribution in [0, 0.1) is 11.6 Å². The van der Waals surface area contributed by atoms with E-state index < -0.39 is 23.2 Å². The number of hydrogen-bond acceptors (Lipinski definition) is 2. The Hall–Kier alpha value is -1.78. The number of carbonyl (C=O) groups is 2. The van der Waals surface area contributed by atoms with Gasteiger partial charge < -0.3 is 5.32 Å². The second-order valence-corrected chi connectivity index (χ2v) is 2.66. The number of hydrogen-bond donors (Lipinski definition) is 1. The van der Waals surface area contributed by atoms with E-state index in [0.717, 1.165) is 19.1 Å². The SMILES string of the molecule is CC(=O)Nc1c(F)cc(C=O)cc1F. The Balaban J connectivity index is 3.17. The molecule has 0 atom stereocenters. The first-order valence-corrected chi connectivity index (χ1v) is 3.76. The molecule has 0 fully saturated rings. The molecule has 74 valence electrons. The highest BCUT2D eigenvalue weighted by Crippen LogP contribution is 2.19. The predicted molar refractivity (Wildman–Crippen MR) is 46.0 cm³/mol. The minimum atomic E-state index is -0.970. The molecule has 5 heteroatoms. The van der Waals surface area contributed by atoms with Crippen LogP contribution in [0.2, 0.25) is 0 Å². The maximum atomic E-state index is 13.0. The zero-order chi connectivity index (χ0) is 10.7. The van der Waals surface area contributed by atoms with Crippen LogP contribution in [0.1, 0.15) is 17.3 Å². The van der Waals surface area contributed by atoms with E-state index in [1.165, 1.54) is 0 Å². The molecule has 1 aromatic carbocycles. The summed E-state index contributed by atoms with van der Waals surface area (Å²) < 4.78 is 26.1. The van der Waals surface area contributed by atoms with Crippen LogP contribution >= 0.6 is 0 Å². The van der Waals surface area contributed by atoms with E-state index >= 15 is 0 Å². The molecule has 0 aromatic heterocycles. The smallest absolute Gasteiger partial charge is 0.221 e. The molecular formula is C9H7F2NO2. The van der Waals surface area contributed by atoms with Gasteiger partial charge in [0.25, 0.3) is 0 Å². The summed E-state index contributed by atoms with van der Waals surface area (Å²) in [5, 5.41) is 1.99. The second kappa shape index (κ2) is 3.95. The normalized spacial score (nSPS) is 9.64. The topological polar surface area (TPSA) is 46.2 Å². The van der Waals surface area contributed by atoms with Gasteiger partial charge in [0.15, 0.2) is 0 Å². The quantitative estimate of drug-likeness (QED) is 0.737. The molecule has 0 bridgehead atoms. The van der Waals surface area contributed by atoms with Gasteiger partial charge in [0.2, 0.25) is 5.91 Å². The molecule has 0 spiro atoms. The zero-order valence-electron chi connectivity index (χ0n) is 7.30. The van der Waals surface area contributed by atoms with Gasteiger partial charge in [0, 0.05) is 12.5 Å². The van der Waals surface area contributed by atoms with Crippen molar-refractivity contribution in [3.05, 3.63) is 29.3 Å². The first-order valence-electron chi connectivity index (χ1n) is 3.76. The maximum Gasteiger partial charge on any atom is 0.221 e. The van der Waals surface area contributed by atoms with Crippen LogP contribution in [-0.4, -0.2) is 12.2 Å². The molecule has 0 radical (unpaired) electrons. The molecule has 0 saturated heterocycles. The van der Waals surface area contributed by atoms with Gasteiger partial charge in [0.1, 0.15) is 23.6 Å². The summed E-state index contributed by atoms with van der Waals surface area (Å²) in [5.41, 5.74) is -0.655. The minimum Gasteiger partial charge on any atom is -0.321 e. The number of halogens is 2. The lowest BCUT2D eigenvalue weighted by atomic mass is 10.2. The Morgan fingerprint density at radius 3 is 2.21 bits per heavy atom. The number of anilines is 1. The van der Waals surface area contributed by atoms with Crippen LogP contribution in [0.25, 0.3) is 0 Å². The van der Waals surface area contributed by atoms with E-state index in [-0.39, 0.29) is 5.56 Å². The van der Waals surface area contributed by atoms with Crippen LogP contribution in [0.4, 0.5) is 14.5 Å². The van der Waals surface area contributed by atoms with Crippen LogP contribution < -0.4 is 5.32 Å². The van der Waals surface area contributed by atoms with Gasteiger partial charge in [-0.1, -0.05) is 0 Å². The van der Waals surface area contributed by atoms with Crippen molar-refractivity contribution >= 4 is 17.9 Å². The highest BCUT2D eigenvalue weighted by Gasteiger charge is 2.11. The van der Waals surface area contributed by atoms with Crippen molar-refractivity contribution < 1.29 is 18.4 Å². The Morgan fingerprint density at radius 2 is 1.86 bits per heavy atom. The summed E-state index contributed by atoms with van der Waals surface area (Å²) in [4.78, 5) is 20.8. The van der Waals surface area contributed by atoms with Crippen LogP contribution in [-0.2, 0) is 4.79 Å². The maximum absolute atomic E-state index is 13.0. The number of amides is 1. The van der Waals surface area contributed by atoms with E-state index in [2.05, 4.69) is 0 Å². The van der Waals surface area contributed by atoms with Crippen LogP contribution in [0.5, 0.6) is 0 Å². The highest BCUT2D eigenvalue weighted by molar-refractivity contribution is 5.89. The van der Waals surface area contributed by atoms with E-state index in [1.54, 1.807) is 0 Å². The number of benzene rings is 1. The van der Waals surface area contributed by atoms with Crippen molar-refractivity contribution in [3.8, 4) is 0 Å². The molecule has 0 saturated carbocycles. The summed E-state index contributed by atoms with van der Waals surface area (Å²) in [5.74, 6) is -2.52. The molecule has 0 heterocycles. The van der Waals surface area contributed by atoms with Crippen molar-refractivity contribution in [1.82, 2.24) is 0 Å². The van der Waals surface area contributed by atoms with Gasteiger partial charge in [-0.15, -0.1) is 0 Å². The number of rotatable bonds is 2. The lowest BCUT2D eigenvalue weighted by Crippen LogP contribution is -2.09. The molecule has 3 nitrogen and oxygen atoms in total. The first kappa shape index (κ1) is 10.3. The van der Waals surface area contributed by atoms with Crippen molar-refractivity contribution in [2.75, 3.05) is 5.32 Å². The molecule has 14 heavy (non-hydrogen) atoms. The molecule has 1 aromatic rings. The Labute approximate surface area is 78.7 Å². The molecular weight excluding hydrogens is 192 g/mol. The third kappa shape index (κ3) is 2.12. The largest absolute Gasteiger partial charge is 0.321 e. The monoisotopic (exact) mass is 199 g/mol. The van der Waals surface area contributed by atoms with Crippen molar-refractivity contribution in [2.45, 2.75) is 6.92 Å². The van der Waals surface area contributed by atoms with Crippen molar-refractivity contribution in [1.29, 1.82) is 0 Å². The predicted octanol–water partition coefficient (Wildman–Crippen LogP) is 1.74. The number of aldehydes is 1. The fourth-order valence-corrected chi connectivity index (χ4v) is 0.956. The Morgan fingerprint density at radius 1 is 1.36 bits per heavy atom. The third-order valence-electron chi connectivity index (χ3n) is 1.50. The van der Waals surface area contributed by atoms with E-state index in [0.29, 0.717) is 6.29 Å². The molecule has 0 aliphatic carbocycles. The molecule has 0 aliphatic rings. The molecule has 0 unspecified atom stereocenters. The fourth-order valence-electron chi connectivity index (χ4n) is 0.956. The average molecular weight is 199 g/mol. The van der Waals surface area contributed by atoms with Crippen molar-refractivity contribution in [2.24, 2.45) is 0 Å².